The number of aromatic amines is 1. The van der Waals surface area contributed by atoms with Crippen LogP contribution in [0.2, 0.25) is 0 Å². The number of para-hydroxylation sites is 1. The highest BCUT2D eigenvalue weighted by Gasteiger charge is 2.28. The maximum Gasteiger partial charge on any atom is 0.256 e. The van der Waals surface area contributed by atoms with Gasteiger partial charge in [-0.1, -0.05) is 18.2 Å². The lowest BCUT2D eigenvalue weighted by Gasteiger charge is -2.37. The Morgan fingerprint density at radius 2 is 1.97 bits per heavy atom. The molecule has 1 aliphatic heterocycles. The average molecular weight is 393 g/mol. The normalized spacial score (nSPS) is 15.1. The van der Waals surface area contributed by atoms with Crippen molar-refractivity contribution in [2.45, 2.75) is 38.8 Å². The molecule has 29 heavy (non-hydrogen) atoms. The van der Waals surface area contributed by atoms with Crippen LogP contribution >= 0.6 is 0 Å². The van der Waals surface area contributed by atoms with Crippen molar-refractivity contribution < 1.29 is 9.53 Å². The maximum atomic E-state index is 13.1. The molecule has 1 N–H and O–H groups in total. The van der Waals surface area contributed by atoms with Gasteiger partial charge in [0.2, 0.25) is 0 Å². The van der Waals surface area contributed by atoms with E-state index in [1.54, 1.807) is 6.20 Å². The number of likely N-dealkylation sites (tertiary alicyclic amines) is 1. The first-order valence-electron chi connectivity index (χ1n) is 10.2. The predicted octanol–water partition coefficient (Wildman–Crippen LogP) is 4.09. The smallest absolute Gasteiger partial charge is 0.256 e. The average Bonchev–Trinajstić information content (AvgIpc) is 3.17. The van der Waals surface area contributed by atoms with Gasteiger partial charge in [-0.25, -0.2) is 4.98 Å². The molecule has 0 spiro atoms. The summed E-state index contributed by atoms with van der Waals surface area (Å²) in [6, 6.07) is 12.1. The van der Waals surface area contributed by atoms with Crippen molar-refractivity contribution in [3.63, 3.8) is 0 Å². The molecule has 0 saturated carbocycles. The fraction of sp³-hybridized carbons (Fsp3) is 0.391. The molecule has 1 fully saturated rings. The zero-order valence-corrected chi connectivity index (χ0v) is 17.3. The SMILES string of the molecule is CC(C)Oc1cccnc1N(C)C1CCN(C(=O)c2c[nH]c3ccccc23)CC1. The number of rotatable bonds is 5. The topological polar surface area (TPSA) is 61.5 Å². The van der Waals surface area contributed by atoms with Gasteiger partial charge in [0.15, 0.2) is 11.6 Å². The zero-order chi connectivity index (χ0) is 20.4. The largest absolute Gasteiger partial charge is 0.487 e. The lowest BCUT2D eigenvalue weighted by molar-refractivity contribution is 0.0715. The molecule has 0 aliphatic carbocycles. The fourth-order valence-corrected chi connectivity index (χ4v) is 4.04. The van der Waals surface area contributed by atoms with Crippen LogP contribution in [0.4, 0.5) is 5.82 Å². The monoisotopic (exact) mass is 392 g/mol. The Kier molecular flexibility index (Phi) is 5.43. The van der Waals surface area contributed by atoms with Gasteiger partial charge >= 0.3 is 0 Å². The van der Waals surface area contributed by atoms with Gasteiger partial charge in [-0.2, -0.15) is 0 Å². The molecular weight excluding hydrogens is 364 g/mol. The number of carbonyl (C=O) groups excluding carboxylic acids is 1. The Morgan fingerprint density at radius 3 is 2.72 bits per heavy atom. The van der Waals surface area contributed by atoms with Crippen LogP contribution in [0.3, 0.4) is 0 Å². The second-order valence-electron chi connectivity index (χ2n) is 7.87. The van der Waals surface area contributed by atoms with Gasteiger partial charge in [0.05, 0.1) is 11.7 Å². The predicted molar refractivity (Wildman–Crippen MR) is 116 cm³/mol. The Morgan fingerprint density at radius 1 is 1.21 bits per heavy atom. The number of pyridine rings is 1. The van der Waals surface area contributed by atoms with Crippen molar-refractivity contribution in [1.82, 2.24) is 14.9 Å². The summed E-state index contributed by atoms with van der Waals surface area (Å²) < 4.78 is 5.93. The molecule has 6 heteroatoms. The Labute approximate surface area is 171 Å². The number of fused-ring (bicyclic) bond motifs is 1. The van der Waals surface area contributed by atoms with Gasteiger partial charge in [0, 0.05) is 49.5 Å². The van der Waals surface area contributed by atoms with E-state index in [1.165, 1.54) is 0 Å². The second kappa shape index (κ2) is 8.15. The molecule has 1 aromatic carbocycles. The van der Waals surface area contributed by atoms with Crippen molar-refractivity contribution in [2.24, 2.45) is 0 Å². The lowest BCUT2D eigenvalue weighted by Crippen LogP contribution is -2.46. The van der Waals surface area contributed by atoms with E-state index >= 15 is 0 Å². The van der Waals surface area contributed by atoms with Gasteiger partial charge < -0.3 is 19.5 Å². The summed E-state index contributed by atoms with van der Waals surface area (Å²) in [6.45, 7) is 5.51. The Bertz CT molecular complexity index is 989. The summed E-state index contributed by atoms with van der Waals surface area (Å²) in [5.41, 5.74) is 1.75. The van der Waals surface area contributed by atoms with Gasteiger partial charge in [-0.05, 0) is 44.9 Å². The molecule has 0 bridgehead atoms. The molecule has 2 aromatic heterocycles. The molecule has 1 amide bonds. The molecule has 3 heterocycles. The highest BCUT2D eigenvalue weighted by atomic mass is 16.5. The summed E-state index contributed by atoms with van der Waals surface area (Å²) in [6.07, 6.45) is 5.54. The molecule has 0 atom stereocenters. The number of aromatic nitrogens is 2. The fourth-order valence-electron chi connectivity index (χ4n) is 4.04. The first-order chi connectivity index (χ1) is 14.0. The summed E-state index contributed by atoms with van der Waals surface area (Å²) in [5, 5.41) is 0.987. The quantitative estimate of drug-likeness (QED) is 0.710. The van der Waals surface area contributed by atoms with E-state index in [4.69, 9.17) is 4.74 Å². The molecule has 1 saturated heterocycles. The number of anilines is 1. The van der Waals surface area contributed by atoms with Crippen molar-refractivity contribution in [2.75, 3.05) is 25.0 Å². The lowest BCUT2D eigenvalue weighted by atomic mass is 10.0. The number of H-pyrrole nitrogens is 1. The summed E-state index contributed by atoms with van der Waals surface area (Å²) in [7, 11) is 2.07. The second-order valence-corrected chi connectivity index (χ2v) is 7.87. The number of hydrogen-bond donors (Lipinski definition) is 1. The third kappa shape index (κ3) is 3.92. The number of hydrogen-bond acceptors (Lipinski definition) is 4. The van der Waals surface area contributed by atoms with E-state index in [-0.39, 0.29) is 12.0 Å². The number of piperidine rings is 1. The highest BCUT2D eigenvalue weighted by Crippen LogP contribution is 2.30. The number of carbonyl (C=O) groups is 1. The summed E-state index contributed by atoms with van der Waals surface area (Å²) in [5.74, 6) is 1.77. The molecule has 152 valence electrons. The van der Waals surface area contributed by atoms with Crippen LogP contribution in [0.5, 0.6) is 5.75 Å². The number of nitrogens with zero attached hydrogens (tertiary/aromatic N) is 3. The van der Waals surface area contributed by atoms with Crippen LogP contribution in [-0.2, 0) is 0 Å². The molecule has 6 nitrogen and oxygen atoms in total. The van der Waals surface area contributed by atoms with Gasteiger partial charge in [0.25, 0.3) is 5.91 Å². The van der Waals surface area contributed by atoms with E-state index < -0.39 is 0 Å². The van der Waals surface area contributed by atoms with Crippen LogP contribution in [-0.4, -0.2) is 53.1 Å². The maximum absolute atomic E-state index is 13.1. The number of amides is 1. The van der Waals surface area contributed by atoms with Crippen LogP contribution < -0.4 is 9.64 Å². The van der Waals surface area contributed by atoms with Crippen LogP contribution in [0, 0.1) is 0 Å². The molecular formula is C23H28N4O2. The molecule has 3 aromatic rings. The highest BCUT2D eigenvalue weighted by molar-refractivity contribution is 6.06. The Balaban J connectivity index is 1.44. The van der Waals surface area contributed by atoms with Crippen LogP contribution in [0.25, 0.3) is 10.9 Å². The van der Waals surface area contributed by atoms with E-state index in [0.29, 0.717) is 6.04 Å². The van der Waals surface area contributed by atoms with E-state index in [1.807, 2.05) is 61.3 Å². The van der Waals surface area contributed by atoms with Gasteiger partial charge in [-0.15, -0.1) is 0 Å². The van der Waals surface area contributed by atoms with Crippen LogP contribution in [0.15, 0.2) is 48.8 Å². The third-order valence-electron chi connectivity index (χ3n) is 5.57. The minimum atomic E-state index is 0.0991. The van der Waals surface area contributed by atoms with E-state index in [9.17, 15) is 4.79 Å². The van der Waals surface area contributed by atoms with E-state index in [0.717, 1.165) is 54.0 Å². The number of benzene rings is 1. The van der Waals surface area contributed by atoms with Crippen LogP contribution in [0.1, 0.15) is 37.0 Å². The molecule has 4 rings (SSSR count). The first-order valence-corrected chi connectivity index (χ1v) is 10.2. The summed E-state index contributed by atoms with van der Waals surface area (Å²) in [4.78, 5) is 25.0. The first kappa shape index (κ1) is 19.3. The third-order valence-corrected chi connectivity index (χ3v) is 5.57. The van der Waals surface area contributed by atoms with Gasteiger partial charge in [-0.3, -0.25) is 4.79 Å². The number of nitrogens with one attached hydrogen (secondary N) is 1. The van der Waals surface area contributed by atoms with E-state index in [2.05, 4.69) is 21.9 Å². The molecule has 0 unspecified atom stereocenters. The minimum Gasteiger partial charge on any atom is -0.487 e. The minimum absolute atomic E-state index is 0.0991. The standard InChI is InChI=1S/C23H28N4O2/c1-16(2)29-21-9-6-12-24-22(21)26(3)17-10-13-27(14-11-17)23(28)19-15-25-20-8-5-4-7-18(19)20/h4-9,12,15-17,25H,10-11,13-14H2,1-3H3. The molecule has 0 radical (unpaired) electrons. The molecule has 1 aliphatic rings. The van der Waals surface area contributed by atoms with Crippen molar-refractivity contribution in [3.05, 3.63) is 54.4 Å². The van der Waals surface area contributed by atoms with Crippen molar-refractivity contribution in [3.8, 4) is 5.75 Å². The van der Waals surface area contributed by atoms with Crippen molar-refractivity contribution in [1.29, 1.82) is 0 Å². The Hall–Kier alpha value is -3.02. The summed E-state index contributed by atoms with van der Waals surface area (Å²) >= 11 is 0. The number of ether oxygens (including phenoxy) is 1. The zero-order valence-electron chi connectivity index (χ0n) is 17.3. The van der Waals surface area contributed by atoms with Gasteiger partial charge in [0.1, 0.15) is 0 Å². The van der Waals surface area contributed by atoms with Crippen molar-refractivity contribution >= 4 is 22.6 Å².